The Morgan fingerprint density at radius 2 is 2.35 bits per heavy atom. The monoisotopic (exact) mass is 300 g/mol. The van der Waals surface area contributed by atoms with Crippen LogP contribution in [-0.2, 0) is 11.3 Å². The number of benzene rings is 1. The zero-order valence-corrected chi connectivity index (χ0v) is 12.6. The number of nitrogens with zero attached hydrogens (tertiary/aromatic N) is 1. The lowest BCUT2D eigenvalue weighted by Crippen LogP contribution is -2.44. The average molecular weight is 301 g/mol. The zero-order chi connectivity index (χ0) is 14.5. The van der Waals surface area contributed by atoms with E-state index in [0.29, 0.717) is 17.3 Å². The zero-order valence-electron chi connectivity index (χ0n) is 11.9. The Balaban J connectivity index is 1.89. The van der Waals surface area contributed by atoms with Crippen molar-refractivity contribution in [2.24, 2.45) is 0 Å². The molecule has 1 heterocycles. The van der Waals surface area contributed by atoms with E-state index < -0.39 is 0 Å². The molecule has 1 unspecified atom stereocenters. The number of likely N-dealkylation sites (N-methyl/N-ethyl adjacent to an activating group) is 1. The molecule has 1 fully saturated rings. The van der Waals surface area contributed by atoms with Gasteiger partial charge < -0.3 is 24.8 Å². The van der Waals surface area contributed by atoms with Gasteiger partial charge in [-0.05, 0) is 13.1 Å². The molecule has 2 rings (SSSR count). The Hall–Kier alpha value is -1.01. The van der Waals surface area contributed by atoms with E-state index in [4.69, 9.17) is 21.1 Å². The lowest BCUT2D eigenvalue weighted by atomic mass is 10.1. The largest absolute Gasteiger partial charge is 0.504 e. The molecule has 6 heteroatoms. The van der Waals surface area contributed by atoms with Gasteiger partial charge in [-0.15, -0.1) is 0 Å². The van der Waals surface area contributed by atoms with E-state index in [9.17, 15) is 5.11 Å². The minimum Gasteiger partial charge on any atom is -0.504 e. The molecule has 1 atom stereocenters. The van der Waals surface area contributed by atoms with Gasteiger partial charge in [-0.25, -0.2) is 0 Å². The van der Waals surface area contributed by atoms with E-state index in [1.807, 2.05) is 0 Å². The molecule has 20 heavy (non-hydrogen) atoms. The van der Waals surface area contributed by atoms with Crippen LogP contribution < -0.4 is 10.1 Å². The smallest absolute Gasteiger partial charge is 0.162 e. The number of aromatic hydroxyl groups is 1. The molecule has 1 aromatic carbocycles. The maximum atomic E-state index is 10.0. The third-order valence-corrected chi connectivity index (χ3v) is 3.59. The molecule has 0 spiro atoms. The maximum Gasteiger partial charge on any atom is 0.162 e. The molecular weight excluding hydrogens is 280 g/mol. The van der Waals surface area contributed by atoms with Crippen LogP contribution in [0.5, 0.6) is 11.5 Å². The fraction of sp³-hybridized carbons (Fsp3) is 0.571. The van der Waals surface area contributed by atoms with Crippen LogP contribution in [0.3, 0.4) is 0 Å². The van der Waals surface area contributed by atoms with Crippen molar-refractivity contribution in [3.63, 3.8) is 0 Å². The highest BCUT2D eigenvalue weighted by molar-refractivity contribution is 6.30. The van der Waals surface area contributed by atoms with Gasteiger partial charge >= 0.3 is 0 Å². The number of halogens is 1. The highest BCUT2D eigenvalue weighted by Gasteiger charge is 2.17. The first kappa shape index (κ1) is 15.4. The van der Waals surface area contributed by atoms with Gasteiger partial charge in [0.05, 0.1) is 19.8 Å². The predicted molar refractivity (Wildman–Crippen MR) is 78.6 cm³/mol. The van der Waals surface area contributed by atoms with Crippen LogP contribution in [-0.4, -0.2) is 56.5 Å². The highest BCUT2D eigenvalue weighted by atomic mass is 35.5. The van der Waals surface area contributed by atoms with Crippen molar-refractivity contribution in [1.82, 2.24) is 10.2 Å². The summed E-state index contributed by atoms with van der Waals surface area (Å²) in [6.45, 7) is 3.91. The van der Waals surface area contributed by atoms with Crippen molar-refractivity contribution in [2.45, 2.75) is 12.6 Å². The Kier molecular flexibility index (Phi) is 5.48. The first-order chi connectivity index (χ1) is 9.60. The van der Waals surface area contributed by atoms with E-state index in [0.717, 1.165) is 31.8 Å². The number of nitrogens with one attached hydrogen (secondary N) is 1. The standard InChI is InChI=1S/C14H21ClN2O3/c1-17-3-4-20-12(9-17)8-16-7-10-5-11(15)6-13(19-2)14(10)18/h5-6,12,16,18H,3-4,7-9H2,1-2H3. The molecule has 0 radical (unpaired) electrons. The second-order valence-corrected chi connectivity index (χ2v) is 5.44. The first-order valence-electron chi connectivity index (χ1n) is 6.66. The minimum absolute atomic E-state index is 0.131. The number of rotatable bonds is 5. The van der Waals surface area contributed by atoms with E-state index in [1.54, 1.807) is 12.1 Å². The fourth-order valence-corrected chi connectivity index (χ4v) is 2.51. The summed E-state index contributed by atoms with van der Waals surface area (Å²) in [5.74, 6) is 0.522. The molecule has 0 amide bonds. The predicted octanol–water partition coefficient (Wildman–Crippen LogP) is 1.47. The van der Waals surface area contributed by atoms with Crippen LogP contribution in [0, 0.1) is 0 Å². The summed E-state index contributed by atoms with van der Waals surface area (Å²) in [7, 11) is 3.59. The fourth-order valence-electron chi connectivity index (χ4n) is 2.28. The summed E-state index contributed by atoms with van der Waals surface area (Å²) < 4.78 is 10.8. The molecule has 2 N–H and O–H groups in total. The molecule has 0 aliphatic carbocycles. The Labute approximate surface area is 124 Å². The van der Waals surface area contributed by atoms with Gasteiger partial charge in [0.2, 0.25) is 0 Å². The number of phenols is 1. The summed E-state index contributed by atoms with van der Waals surface area (Å²) in [5.41, 5.74) is 0.721. The van der Waals surface area contributed by atoms with Gasteiger partial charge in [0.1, 0.15) is 0 Å². The molecule has 1 aliphatic heterocycles. The van der Waals surface area contributed by atoms with E-state index in [2.05, 4.69) is 17.3 Å². The van der Waals surface area contributed by atoms with Gasteiger partial charge in [0, 0.05) is 42.8 Å². The molecule has 0 saturated carbocycles. The van der Waals surface area contributed by atoms with Crippen LogP contribution in [0.25, 0.3) is 0 Å². The summed E-state index contributed by atoms with van der Waals surface area (Å²) in [6, 6.07) is 3.33. The summed E-state index contributed by atoms with van der Waals surface area (Å²) in [5, 5.41) is 13.9. The molecule has 0 bridgehead atoms. The highest BCUT2D eigenvalue weighted by Crippen LogP contribution is 2.33. The van der Waals surface area contributed by atoms with E-state index in [1.165, 1.54) is 7.11 Å². The lowest BCUT2D eigenvalue weighted by molar-refractivity contribution is -0.0182. The van der Waals surface area contributed by atoms with Gasteiger partial charge in [-0.3, -0.25) is 0 Å². The van der Waals surface area contributed by atoms with Crippen LogP contribution in [0.2, 0.25) is 5.02 Å². The summed E-state index contributed by atoms with van der Waals surface area (Å²) in [4.78, 5) is 2.25. The minimum atomic E-state index is 0.131. The van der Waals surface area contributed by atoms with Crippen molar-refractivity contribution < 1.29 is 14.6 Å². The second-order valence-electron chi connectivity index (χ2n) is 5.00. The van der Waals surface area contributed by atoms with Crippen LogP contribution in [0.4, 0.5) is 0 Å². The van der Waals surface area contributed by atoms with Crippen LogP contribution in [0.15, 0.2) is 12.1 Å². The summed E-state index contributed by atoms with van der Waals surface area (Å²) in [6.07, 6.45) is 0.178. The van der Waals surface area contributed by atoms with E-state index in [-0.39, 0.29) is 11.9 Å². The van der Waals surface area contributed by atoms with Crippen molar-refractivity contribution in [2.75, 3.05) is 40.4 Å². The van der Waals surface area contributed by atoms with E-state index >= 15 is 0 Å². The van der Waals surface area contributed by atoms with Crippen molar-refractivity contribution >= 4 is 11.6 Å². The maximum absolute atomic E-state index is 10.0. The molecule has 1 aromatic rings. The number of ether oxygens (including phenoxy) is 2. The molecular formula is C14H21ClN2O3. The Bertz CT molecular complexity index is 456. The third-order valence-electron chi connectivity index (χ3n) is 3.37. The number of methoxy groups -OCH3 is 1. The quantitative estimate of drug-likeness (QED) is 0.862. The topological polar surface area (TPSA) is 54.0 Å². The van der Waals surface area contributed by atoms with Crippen molar-refractivity contribution in [3.05, 3.63) is 22.7 Å². The molecule has 5 nitrogen and oxygen atoms in total. The summed E-state index contributed by atoms with van der Waals surface area (Å²) >= 11 is 6.00. The van der Waals surface area contributed by atoms with Crippen LogP contribution >= 0.6 is 11.6 Å². The normalized spacial score (nSPS) is 20.1. The number of hydrogen-bond donors (Lipinski definition) is 2. The second kappa shape index (κ2) is 7.13. The van der Waals surface area contributed by atoms with Gasteiger partial charge in [0.15, 0.2) is 11.5 Å². The third kappa shape index (κ3) is 3.99. The average Bonchev–Trinajstić information content (AvgIpc) is 2.42. The number of hydrogen-bond acceptors (Lipinski definition) is 5. The molecule has 0 aromatic heterocycles. The Morgan fingerprint density at radius 1 is 1.55 bits per heavy atom. The molecule has 1 aliphatic rings. The van der Waals surface area contributed by atoms with Crippen LogP contribution in [0.1, 0.15) is 5.56 Å². The SMILES string of the molecule is COc1cc(Cl)cc(CNCC2CN(C)CCO2)c1O. The van der Waals surface area contributed by atoms with Gasteiger partial charge in [-0.1, -0.05) is 11.6 Å². The van der Waals surface area contributed by atoms with Gasteiger partial charge in [0.25, 0.3) is 0 Å². The lowest BCUT2D eigenvalue weighted by Gasteiger charge is -2.30. The van der Waals surface area contributed by atoms with Crippen molar-refractivity contribution in [3.8, 4) is 11.5 Å². The van der Waals surface area contributed by atoms with Gasteiger partial charge in [-0.2, -0.15) is 0 Å². The Morgan fingerprint density at radius 3 is 3.05 bits per heavy atom. The number of phenolic OH excluding ortho intramolecular Hbond substituents is 1. The number of morpholine rings is 1. The first-order valence-corrected chi connectivity index (χ1v) is 7.04. The molecule has 1 saturated heterocycles. The molecule has 112 valence electrons. The van der Waals surface area contributed by atoms with Crippen molar-refractivity contribution in [1.29, 1.82) is 0 Å².